The van der Waals surface area contributed by atoms with Gasteiger partial charge in [-0.25, -0.2) is 0 Å². The summed E-state index contributed by atoms with van der Waals surface area (Å²) in [6.45, 7) is 0. The molecule has 7 heteroatoms. The highest BCUT2D eigenvalue weighted by atomic mass is 32.2. The van der Waals surface area contributed by atoms with Gasteiger partial charge < -0.3 is 15.2 Å². The minimum absolute atomic E-state index is 0.189. The van der Waals surface area contributed by atoms with Gasteiger partial charge in [-0.1, -0.05) is 0 Å². The van der Waals surface area contributed by atoms with E-state index in [4.69, 9.17) is 15.2 Å². The van der Waals surface area contributed by atoms with E-state index in [-0.39, 0.29) is 5.75 Å². The maximum Gasteiger partial charge on any atom is 0.183 e. The first-order valence-corrected chi connectivity index (χ1v) is 7.13. The molecule has 0 aliphatic carbocycles. The summed E-state index contributed by atoms with van der Waals surface area (Å²) in [5.74, 6) is 1.22. The Kier molecular flexibility index (Phi) is 4.52. The summed E-state index contributed by atoms with van der Waals surface area (Å²) >= 11 is 0. The van der Waals surface area contributed by atoms with Crippen molar-refractivity contribution >= 4 is 16.5 Å². The molecule has 0 saturated heterocycles. The molecule has 2 aromatic heterocycles. The predicted molar refractivity (Wildman–Crippen MR) is 76.1 cm³/mol. The summed E-state index contributed by atoms with van der Waals surface area (Å²) in [4.78, 5) is 8.61. The summed E-state index contributed by atoms with van der Waals surface area (Å²) in [7, 11) is 1.73. The number of pyridine rings is 2. The standard InChI is InChI=1S/C13H15N3O3S/c1-18-11-3-6-16-10(13(11)19-2)8-20(17)12-4-5-15-7-9(12)14/h3-7H,8,14H2,1-2H3. The fourth-order valence-electron chi connectivity index (χ4n) is 1.76. The molecule has 2 heterocycles. The number of methoxy groups -OCH3 is 2. The SMILES string of the molecule is COc1ccnc(CS(=O)c2ccncc2N)c1OC. The molecule has 1 atom stereocenters. The monoisotopic (exact) mass is 293 g/mol. The topological polar surface area (TPSA) is 87.3 Å². The molecule has 0 amide bonds. The maximum absolute atomic E-state index is 12.4. The summed E-state index contributed by atoms with van der Waals surface area (Å²) in [5.41, 5.74) is 6.72. The van der Waals surface area contributed by atoms with Crippen molar-refractivity contribution in [1.82, 2.24) is 9.97 Å². The second-order valence-corrected chi connectivity index (χ2v) is 5.32. The van der Waals surface area contributed by atoms with Crippen LogP contribution in [0.4, 0.5) is 5.69 Å². The van der Waals surface area contributed by atoms with Gasteiger partial charge in [-0.2, -0.15) is 0 Å². The van der Waals surface area contributed by atoms with Gasteiger partial charge in [0.25, 0.3) is 0 Å². The van der Waals surface area contributed by atoms with Crippen molar-refractivity contribution < 1.29 is 13.7 Å². The first kappa shape index (κ1) is 14.3. The van der Waals surface area contributed by atoms with E-state index >= 15 is 0 Å². The second kappa shape index (κ2) is 6.33. The van der Waals surface area contributed by atoms with E-state index in [0.717, 1.165) is 0 Å². The third kappa shape index (κ3) is 2.88. The van der Waals surface area contributed by atoms with Crippen LogP contribution in [0.25, 0.3) is 0 Å². The highest BCUT2D eigenvalue weighted by Gasteiger charge is 2.16. The Labute approximate surface area is 119 Å². The molecule has 106 valence electrons. The fraction of sp³-hybridized carbons (Fsp3) is 0.231. The average Bonchev–Trinajstić information content (AvgIpc) is 2.47. The highest BCUT2D eigenvalue weighted by Crippen LogP contribution is 2.30. The van der Waals surface area contributed by atoms with E-state index in [1.54, 1.807) is 31.6 Å². The smallest absolute Gasteiger partial charge is 0.183 e. The Morgan fingerprint density at radius 3 is 2.70 bits per heavy atom. The van der Waals surface area contributed by atoms with Gasteiger partial charge in [0, 0.05) is 18.5 Å². The van der Waals surface area contributed by atoms with Crippen LogP contribution in [0.1, 0.15) is 5.69 Å². The van der Waals surface area contributed by atoms with Gasteiger partial charge in [-0.05, 0) is 6.07 Å². The van der Waals surface area contributed by atoms with Gasteiger partial charge >= 0.3 is 0 Å². The Bertz CT molecular complexity index is 634. The van der Waals surface area contributed by atoms with E-state index in [1.807, 2.05) is 0 Å². The van der Waals surface area contributed by atoms with E-state index in [1.165, 1.54) is 13.3 Å². The third-order valence-electron chi connectivity index (χ3n) is 2.69. The molecular formula is C13H15N3O3S. The van der Waals surface area contributed by atoms with Crippen LogP contribution < -0.4 is 15.2 Å². The number of rotatable bonds is 5. The van der Waals surface area contributed by atoms with Gasteiger partial charge in [0.1, 0.15) is 0 Å². The lowest BCUT2D eigenvalue weighted by molar-refractivity contribution is 0.350. The molecule has 0 spiro atoms. The molecule has 2 rings (SSSR count). The number of hydrogen-bond donors (Lipinski definition) is 1. The van der Waals surface area contributed by atoms with E-state index in [2.05, 4.69) is 9.97 Å². The number of nitrogen functional groups attached to an aromatic ring is 1. The minimum Gasteiger partial charge on any atom is -0.493 e. The Morgan fingerprint density at radius 2 is 2.05 bits per heavy atom. The third-order valence-corrected chi connectivity index (χ3v) is 4.09. The molecule has 6 nitrogen and oxygen atoms in total. The second-order valence-electron chi connectivity index (χ2n) is 3.90. The quantitative estimate of drug-likeness (QED) is 0.896. The molecule has 1 unspecified atom stereocenters. The number of anilines is 1. The Hall–Kier alpha value is -2.15. The Balaban J connectivity index is 2.31. The van der Waals surface area contributed by atoms with Crippen LogP contribution in [0.5, 0.6) is 11.5 Å². The summed E-state index contributed by atoms with van der Waals surface area (Å²) in [5, 5.41) is 0. The van der Waals surface area contributed by atoms with Gasteiger partial charge in [-0.3, -0.25) is 14.2 Å². The summed E-state index contributed by atoms with van der Waals surface area (Å²) in [6.07, 6.45) is 4.62. The highest BCUT2D eigenvalue weighted by molar-refractivity contribution is 7.84. The molecule has 0 aromatic carbocycles. The lowest BCUT2D eigenvalue weighted by Crippen LogP contribution is -2.05. The number of ether oxygens (including phenoxy) is 2. The zero-order valence-corrected chi connectivity index (χ0v) is 12.0. The van der Waals surface area contributed by atoms with Crippen molar-refractivity contribution in [2.24, 2.45) is 0 Å². The van der Waals surface area contributed by atoms with Crippen molar-refractivity contribution in [3.63, 3.8) is 0 Å². The number of nitrogens with zero attached hydrogens (tertiary/aromatic N) is 2. The lowest BCUT2D eigenvalue weighted by atomic mass is 10.3. The van der Waals surface area contributed by atoms with Gasteiger partial charge in [0.05, 0.1) is 53.2 Å². The lowest BCUT2D eigenvalue weighted by Gasteiger charge is -2.11. The molecule has 0 bridgehead atoms. The van der Waals surface area contributed by atoms with Crippen molar-refractivity contribution in [3.05, 3.63) is 36.4 Å². The van der Waals surface area contributed by atoms with Gasteiger partial charge in [0.15, 0.2) is 11.5 Å². The Morgan fingerprint density at radius 1 is 1.25 bits per heavy atom. The minimum atomic E-state index is -1.33. The van der Waals surface area contributed by atoms with Crippen molar-refractivity contribution in [2.75, 3.05) is 20.0 Å². The molecule has 0 fully saturated rings. The zero-order valence-electron chi connectivity index (χ0n) is 11.2. The molecular weight excluding hydrogens is 278 g/mol. The van der Waals surface area contributed by atoms with Crippen LogP contribution in [0.3, 0.4) is 0 Å². The molecule has 20 heavy (non-hydrogen) atoms. The van der Waals surface area contributed by atoms with Crippen molar-refractivity contribution in [2.45, 2.75) is 10.6 Å². The summed E-state index contributed by atoms with van der Waals surface area (Å²) < 4.78 is 22.8. The fourth-order valence-corrected chi connectivity index (χ4v) is 2.89. The molecule has 0 aliphatic heterocycles. The van der Waals surface area contributed by atoms with Crippen LogP contribution in [-0.2, 0) is 16.6 Å². The van der Waals surface area contributed by atoms with Gasteiger partial charge in [-0.15, -0.1) is 0 Å². The first-order chi connectivity index (χ1) is 9.67. The maximum atomic E-state index is 12.4. The van der Waals surface area contributed by atoms with Crippen molar-refractivity contribution in [1.29, 1.82) is 0 Å². The first-order valence-electron chi connectivity index (χ1n) is 5.81. The predicted octanol–water partition coefficient (Wildman–Crippen LogP) is 1.38. The van der Waals surface area contributed by atoms with E-state index < -0.39 is 10.8 Å². The van der Waals surface area contributed by atoms with Crippen LogP contribution >= 0.6 is 0 Å². The largest absolute Gasteiger partial charge is 0.493 e. The number of hydrogen-bond acceptors (Lipinski definition) is 6. The zero-order chi connectivity index (χ0) is 14.5. The van der Waals surface area contributed by atoms with Crippen LogP contribution in [-0.4, -0.2) is 28.4 Å². The molecule has 0 radical (unpaired) electrons. The van der Waals surface area contributed by atoms with Crippen molar-refractivity contribution in [3.8, 4) is 11.5 Å². The number of nitrogens with two attached hydrogens (primary N) is 1. The van der Waals surface area contributed by atoms with Crippen LogP contribution in [0, 0.1) is 0 Å². The normalized spacial score (nSPS) is 11.9. The van der Waals surface area contributed by atoms with Gasteiger partial charge in [0.2, 0.25) is 0 Å². The molecule has 2 N–H and O–H groups in total. The molecule has 2 aromatic rings. The molecule has 0 aliphatic rings. The van der Waals surface area contributed by atoms with Crippen LogP contribution in [0.2, 0.25) is 0 Å². The summed E-state index contributed by atoms with van der Waals surface area (Å²) in [6, 6.07) is 3.32. The molecule has 0 saturated carbocycles. The van der Waals surface area contributed by atoms with Crippen LogP contribution in [0.15, 0.2) is 35.6 Å². The van der Waals surface area contributed by atoms with E-state index in [9.17, 15) is 4.21 Å². The number of aromatic nitrogens is 2. The average molecular weight is 293 g/mol. The van der Waals surface area contributed by atoms with E-state index in [0.29, 0.717) is 27.8 Å².